The Morgan fingerprint density at radius 2 is 2.10 bits per heavy atom. The predicted octanol–water partition coefficient (Wildman–Crippen LogP) is 1.23. The van der Waals surface area contributed by atoms with Crippen LogP contribution in [-0.2, 0) is 10.8 Å². The minimum atomic E-state index is -0.872. The average molecular weight is 311 g/mol. The lowest BCUT2D eigenvalue weighted by Crippen LogP contribution is -2.42. The zero-order valence-corrected chi connectivity index (χ0v) is 12.5. The monoisotopic (exact) mass is 311 g/mol. The molecule has 0 unspecified atom stereocenters. The summed E-state index contributed by atoms with van der Waals surface area (Å²) in [6.45, 7) is 3.13. The first-order chi connectivity index (χ1) is 10.0. The number of hydrogen-bond acceptors (Lipinski definition) is 5. The molecule has 1 amide bonds. The molecule has 0 aliphatic carbocycles. The van der Waals surface area contributed by atoms with Crippen LogP contribution < -0.4 is 5.32 Å². The molecule has 1 aromatic carbocycles. The van der Waals surface area contributed by atoms with Crippen molar-refractivity contribution >= 4 is 28.1 Å². The highest BCUT2D eigenvalue weighted by molar-refractivity contribution is 7.85. The van der Waals surface area contributed by atoms with Crippen LogP contribution in [0.5, 0.6) is 0 Å². The van der Waals surface area contributed by atoms with Crippen molar-refractivity contribution in [2.45, 2.75) is 6.92 Å². The largest absolute Gasteiger partial charge is 0.379 e. The molecule has 8 heteroatoms. The molecule has 0 spiro atoms. The second-order valence-corrected chi connectivity index (χ2v) is 6.32. The number of nitrogens with one attached hydrogen (secondary N) is 1. The van der Waals surface area contributed by atoms with Crippen LogP contribution in [0.4, 0.5) is 11.4 Å². The smallest absolute Gasteiger partial charge is 0.293 e. The minimum absolute atomic E-state index is 0.108. The Balaban J connectivity index is 2.33. The normalized spacial score (nSPS) is 15.8. The Hall–Kier alpha value is -1.96. The number of anilines is 1. The van der Waals surface area contributed by atoms with E-state index in [1.54, 1.807) is 11.0 Å². The van der Waals surface area contributed by atoms with Gasteiger partial charge in [0, 0.05) is 48.0 Å². The molecular formula is C13H17N3O4S. The number of rotatable bonds is 4. The third-order valence-electron chi connectivity index (χ3n) is 3.29. The summed E-state index contributed by atoms with van der Waals surface area (Å²) >= 11 is 0. The van der Waals surface area contributed by atoms with Gasteiger partial charge in [-0.25, -0.2) is 0 Å². The van der Waals surface area contributed by atoms with E-state index in [9.17, 15) is 19.1 Å². The highest BCUT2D eigenvalue weighted by Gasteiger charge is 2.26. The van der Waals surface area contributed by atoms with Gasteiger partial charge >= 0.3 is 0 Å². The number of carbonyl (C=O) groups is 1. The molecule has 0 bridgehead atoms. The summed E-state index contributed by atoms with van der Waals surface area (Å²) in [5.41, 5.74) is 0.434. The van der Waals surface area contributed by atoms with Crippen LogP contribution in [0.2, 0.25) is 0 Å². The highest BCUT2D eigenvalue weighted by Crippen LogP contribution is 2.29. The van der Waals surface area contributed by atoms with Crippen LogP contribution in [0.25, 0.3) is 0 Å². The average Bonchev–Trinajstić information content (AvgIpc) is 2.47. The Labute approximate surface area is 124 Å². The minimum Gasteiger partial charge on any atom is -0.379 e. The van der Waals surface area contributed by atoms with Crippen LogP contribution in [-0.4, -0.2) is 51.1 Å². The number of hydrogen-bond donors (Lipinski definition) is 1. The number of amides is 1. The molecule has 1 N–H and O–H groups in total. The van der Waals surface area contributed by atoms with Crippen molar-refractivity contribution in [2.24, 2.45) is 0 Å². The molecule has 1 saturated heterocycles. The lowest BCUT2D eigenvalue weighted by atomic mass is 10.1. The second kappa shape index (κ2) is 6.66. The van der Waals surface area contributed by atoms with Crippen molar-refractivity contribution < 1.29 is 13.9 Å². The number of benzene rings is 1. The molecule has 0 atom stereocenters. The van der Waals surface area contributed by atoms with E-state index in [0.717, 1.165) is 0 Å². The molecule has 1 heterocycles. The maximum absolute atomic E-state index is 12.5. The molecule has 7 nitrogen and oxygen atoms in total. The van der Waals surface area contributed by atoms with E-state index >= 15 is 0 Å². The van der Waals surface area contributed by atoms with E-state index in [4.69, 9.17) is 0 Å². The van der Waals surface area contributed by atoms with E-state index in [1.165, 1.54) is 12.1 Å². The summed E-state index contributed by atoms with van der Waals surface area (Å²) in [5, 5.41) is 14.0. The first-order valence-electron chi connectivity index (χ1n) is 6.70. The van der Waals surface area contributed by atoms with Crippen LogP contribution in [0.1, 0.15) is 17.3 Å². The third kappa shape index (κ3) is 3.38. The van der Waals surface area contributed by atoms with Crippen LogP contribution in [0, 0.1) is 10.1 Å². The van der Waals surface area contributed by atoms with Crippen LogP contribution >= 0.6 is 0 Å². The van der Waals surface area contributed by atoms with Crippen molar-refractivity contribution in [1.29, 1.82) is 0 Å². The number of nitrogens with zero attached hydrogens (tertiary/aromatic N) is 2. The summed E-state index contributed by atoms with van der Waals surface area (Å²) in [5.74, 6) is 0.653. The van der Waals surface area contributed by atoms with Crippen molar-refractivity contribution in [2.75, 3.05) is 36.5 Å². The van der Waals surface area contributed by atoms with Crippen LogP contribution in [0.15, 0.2) is 18.2 Å². The van der Waals surface area contributed by atoms with Gasteiger partial charge < -0.3 is 10.2 Å². The van der Waals surface area contributed by atoms with Crippen molar-refractivity contribution in [3.8, 4) is 0 Å². The molecular weight excluding hydrogens is 294 g/mol. The summed E-state index contributed by atoms with van der Waals surface area (Å²) in [7, 11) is -0.872. The maximum atomic E-state index is 12.5. The Bertz CT molecular complexity index is 581. The fraction of sp³-hybridized carbons (Fsp3) is 0.462. The standard InChI is InChI=1S/C13H17N3O4S/c1-2-14-12-10(4-3-5-11(12)16(18)19)13(17)15-6-8-21(20)9-7-15/h3-5,14H,2,6-9H2,1H3. The Kier molecular flexibility index (Phi) is 4.89. The van der Waals surface area contributed by atoms with Gasteiger partial charge in [0.1, 0.15) is 5.69 Å². The lowest BCUT2D eigenvalue weighted by Gasteiger charge is -2.27. The number of nitro benzene ring substituents is 1. The summed E-state index contributed by atoms with van der Waals surface area (Å²) < 4.78 is 11.4. The summed E-state index contributed by atoms with van der Waals surface area (Å²) in [6, 6.07) is 4.47. The molecule has 0 radical (unpaired) electrons. The van der Waals surface area contributed by atoms with Gasteiger partial charge in [0.05, 0.1) is 10.5 Å². The van der Waals surface area contributed by atoms with Gasteiger partial charge in [-0.05, 0) is 13.0 Å². The number of carbonyl (C=O) groups excluding carboxylic acids is 1. The van der Waals surface area contributed by atoms with Crippen molar-refractivity contribution in [3.63, 3.8) is 0 Å². The molecule has 1 aliphatic heterocycles. The predicted molar refractivity (Wildman–Crippen MR) is 81.0 cm³/mol. The van der Waals surface area contributed by atoms with E-state index in [-0.39, 0.29) is 17.3 Å². The van der Waals surface area contributed by atoms with Gasteiger partial charge in [-0.2, -0.15) is 0 Å². The fourth-order valence-electron chi connectivity index (χ4n) is 2.24. The van der Waals surface area contributed by atoms with Crippen molar-refractivity contribution in [3.05, 3.63) is 33.9 Å². The first-order valence-corrected chi connectivity index (χ1v) is 8.19. The topological polar surface area (TPSA) is 92.6 Å². The first kappa shape index (κ1) is 15.4. The number of para-hydroxylation sites is 1. The van der Waals surface area contributed by atoms with E-state index in [0.29, 0.717) is 36.7 Å². The van der Waals surface area contributed by atoms with Gasteiger partial charge in [0.25, 0.3) is 11.6 Å². The summed E-state index contributed by atoms with van der Waals surface area (Å²) in [6.07, 6.45) is 0. The quantitative estimate of drug-likeness (QED) is 0.667. The van der Waals surface area contributed by atoms with Crippen molar-refractivity contribution in [1.82, 2.24) is 4.90 Å². The van der Waals surface area contributed by atoms with Crippen LogP contribution in [0.3, 0.4) is 0 Å². The molecule has 0 saturated carbocycles. The zero-order valence-electron chi connectivity index (χ0n) is 11.7. The second-order valence-electron chi connectivity index (χ2n) is 4.63. The lowest BCUT2D eigenvalue weighted by molar-refractivity contribution is -0.384. The Morgan fingerprint density at radius 3 is 2.67 bits per heavy atom. The van der Waals surface area contributed by atoms with E-state index in [2.05, 4.69) is 5.32 Å². The molecule has 2 rings (SSSR count). The third-order valence-corrected chi connectivity index (χ3v) is 4.56. The van der Waals surface area contributed by atoms with Gasteiger partial charge in [-0.3, -0.25) is 19.1 Å². The molecule has 114 valence electrons. The Morgan fingerprint density at radius 1 is 1.43 bits per heavy atom. The van der Waals surface area contributed by atoms with E-state index in [1.807, 2.05) is 6.92 Å². The number of nitro groups is 1. The fourth-order valence-corrected chi connectivity index (χ4v) is 3.30. The van der Waals surface area contributed by atoms with Gasteiger partial charge in [-0.15, -0.1) is 0 Å². The van der Waals surface area contributed by atoms with E-state index < -0.39 is 15.7 Å². The molecule has 1 fully saturated rings. The molecule has 1 aliphatic rings. The summed E-state index contributed by atoms with van der Waals surface area (Å²) in [4.78, 5) is 24.7. The highest BCUT2D eigenvalue weighted by atomic mass is 32.2. The van der Waals surface area contributed by atoms with Gasteiger partial charge in [0.2, 0.25) is 0 Å². The molecule has 0 aromatic heterocycles. The van der Waals surface area contributed by atoms with Gasteiger partial charge in [-0.1, -0.05) is 6.07 Å². The molecule has 1 aromatic rings. The SMILES string of the molecule is CCNc1c(C(=O)N2CCS(=O)CC2)cccc1[N+](=O)[O-]. The van der Waals surface area contributed by atoms with Gasteiger partial charge in [0.15, 0.2) is 0 Å². The zero-order chi connectivity index (χ0) is 15.4. The molecule has 21 heavy (non-hydrogen) atoms. The maximum Gasteiger partial charge on any atom is 0.293 e.